The van der Waals surface area contributed by atoms with Gasteiger partial charge >= 0.3 is 6.09 Å². The summed E-state index contributed by atoms with van der Waals surface area (Å²) in [6, 6.07) is 8.60. The second kappa shape index (κ2) is 15.2. The number of piperidine rings is 1. The third-order valence-electron chi connectivity index (χ3n) is 10.5. The summed E-state index contributed by atoms with van der Waals surface area (Å²) < 4.78 is 25.8. The standard InChI is InChI=1S/C35H48FN7O5/c1-4-48-35(46)42-16-14-41(15-17-42)34(45)30-11-9-25(20-43(30)21-27-28(36)6-5-7-31(27)47-3)38-33(44)24-8-10-29-26(19-24)32(40-39-29)23-12-13-37-22(2)18-23/h5-7,12-13,18,24-26,29-30,32,39-40H,4,8-11,14-17,19-21H2,1-3H3,(H,38,44)/t24?,25-,26?,29?,30+,32?/m1/s1. The number of nitrogens with zero attached hydrogens (tertiary/aromatic N) is 4. The van der Waals surface area contributed by atoms with Gasteiger partial charge in [-0.15, -0.1) is 0 Å². The van der Waals surface area contributed by atoms with E-state index in [0.29, 0.717) is 69.5 Å². The van der Waals surface area contributed by atoms with Crippen LogP contribution in [0.2, 0.25) is 0 Å². The Hall–Kier alpha value is -3.81. The van der Waals surface area contributed by atoms with Crippen LogP contribution in [0.3, 0.4) is 0 Å². The molecule has 3 aliphatic heterocycles. The van der Waals surface area contributed by atoms with Crippen molar-refractivity contribution >= 4 is 17.9 Å². The number of carbonyl (C=O) groups is 3. The number of pyridine rings is 1. The van der Waals surface area contributed by atoms with Crippen molar-refractivity contribution in [2.75, 3.05) is 46.4 Å². The molecule has 4 fully saturated rings. The van der Waals surface area contributed by atoms with Gasteiger partial charge in [0.1, 0.15) is 11.6 Å². The quantitative estimate of drug-likeness (QED) is 0.390. The molecule has 3 saturated heterocycles. The molecule has 1 aliphatic carbocycles. The number of methoxy groups -OCH3 is 1. The number of hydrogen-bond acceptors (Lipinski definition) is 9. The Bertz CT molecular complexity index is 1470. The molecular formula is C35H48FN7O5. The van der Waals surface area contributed by atoms with Gasteiger partial charge in [0, 0.05) is 74.7 Å². The largest absolute Gasteiger partial charge is 0.496 e. The van der Waals surface area contributed by atoms with Crippen LogP contribution < -0.4 is 20.9 Å². The number of nitrogens with one attached hydrogen (secondary N) is 3. The van der Waals surface area contributed by atoms with Crippen LogP contribution in [0.15, 0.2) is 36.5 Å². The molecule has 4 heterocycles. The molecule has 4 aliphatic rings. The highest BCUT2D eigenvalue weighted by molar-refractivity contribution is 5.83. The molecule has 3 N–H and O–H groups in total. The number of carbonyl (C=O) groups excluding carboxylic acids is 3. The molecule has 6 atom stereocenters. The Kier molecular flexibility index (Phi) is 10.8. The summed E-state index contributed by atoms with van der Waals surface area (Å²) in [4.78, 5) is 49.7. The summed E-state index contributed by atoms with van der Waals surface area (Å²) in [5, 5.41) is 3.32. The zero-order valence-electron chi connectivity index (χ0n) is 28.1. The maximum atomic E-state index is 15.2. The molecule has 6 rings (SSSR count). The molecule has 1 aromatic carbocycles. The van der Waals surface area contributed by atoms with Gasteiger partial charge in [0.25, 0.3) is 0 Å². The molecule has 0 spiro atoms. The van der Waals surface area contributed by atoms with E-state index in [1.807, 2.05) is 24.1 Å². The van der Waals surface area contributed by atoms with Crippen molar-refractivity contribution in [3.05, 3.63) is 59.2 Å². The summed E-state index contributed by atoms with van der Waals surface area (Å²) >= 11 is 0. The molecule has 2 aromatic rings. The summed E-state index contributed by atoms with van der Waals surface area (Å²) in [6.07, 6.45) is 5.09. The molecule has 3 amide bonds. The highest BCUT2D eigenvalue weighted by atomic mass is 19.1. The summed E-state index contributed by atoms with van der Waals surface area (Å²) in [6.45, 7) is 6.22. The average Bonchev–Trinajstić information content (AvgIpc) is 3.53. The molecule has 0 bridgehead atoms. The fraction of sp³-hybridized carbons (Fsp3) is 0.600. The van der Waals surface area contributed by atoms with E-state index in [1.165, 1.54) is 18.7 Å². The molecule has 13 heteroatoms. The number of likely N-dealkylation sites (tertiary alicyclic amines) is 1. The summed E-state index contributed by atoms with van der Waals surface area (Å²) in [5.74, 6) is 0.176. The van der Waals surface area contributed by atoms with Gasteiger partial charge in [0.05, 0.1) is 25.8 Å². The van der Waals surface area contributed by atoms with Gasteiger partial charge in [0.15, 0.2) is 0 Å². The minimum Gasteiger partial charge on any atom is -0.496 e. The molecule has 1 aromatic heterocycles. The number of aryl methyl sites for hydroxylation is 1. The average molecular weight is 666 g/mol. The third-order valence-corrected chi connectivity index (χ3v) is 10.5. The molecule has 0 radical (unpaired) electrons. The number of fused-ring (bicyclic) bond motifs is 1. The second-order valence-electron chi connectivity index (χ2n) is 13.4. The fourth-order valence-corrected chi connectivity index (χ4v) is 7.94. The first kappa shape index (κ1) is 34.1. The number of rotatable bonds is 8. The zero-order chi connectivity index (χ0) is 33.8. The van der Waals surface area contributed by atoms with E-state index >= 15 is 4.39 Å². The van der Waals surface area contributed by atoms with Gasteiger partial charge in [-0.25, -0.2) is 14.6 Å². The van der Waals surface area contributed by atoms with Crippen LogP contribution in [-0.2, 0) is 20.9 Å². The number of amides is 3. The molecule has 1 saturated carbocycles. The van der Waals surface area contributed by atoms with Crippen LogP contribution in [0.25, 0.3) is 0 Å². The highest BCUT2D eigenvalue weighted by Crippen LogP contribution is 2.40. The van der Waals surface area contributed by atoms with Crippen molar-refractivity contribution in [1.82, 2.24) is 35.9 Å². The molecule has 4 unspecified atom stereocenters. The van der Waals surface area contributed by atoms with Gasteiger partial charge < -0.3 is 24.6 Å². The monoisotopic (exact) mass is 665 g/mol. The lowest BCUT2D eigenvalue weighted by atomic mass is 9.74. The Morgan fingerprint density at radius 1 is 1.04 bits per heavy atom. The number of hydrogen-bond donors (Lipinski definition) is 3. The van der Waals surface area contributed by atoms with Crippen LogP contribution in [0.1, 0.15) is 61.9 Å². The Morgan fingerprint density at radius 3 is 2.58 bits per heavy atom. The van der Waals surface area contributed by atoms with E-state index in [0.717, 1.165) is 25.0 Å². The van der Waals surface area contributed by atoms with Crippen LogP contribution >= 0.6 is 0 Å². The van der Waals surface area contributed by atoms with Crippen molar-refractivity contribution in [1.29, 1.82) is 0 Å². The van der Waals surface area contributed by atoms with Crippen LogP contribution in [0.5, 0.6) is 5.75 Å². The summed E-state index contributed by atoms with van der Waals surface area (Å²) in [5.41, 5.74) is 9.44. The van der Waals surface area contributed by atoms with Gasteiger partial charge in [-0.1, -0.05) is 6.07 Å². The number of benzene rings is 1. The minimum absolute atomic E-state index is 0.0401. The van der Waals surface area contributed by atoms with Gasteiger partial charge in [-0.2, -0.15) is 0 Å². The topological polar surface area (TPSA) is 128 Å². The number of halogens is 1. The van der Waals surface area contributed by atoms with Crippen molar-refractivity contribution in [3.63, 3.8) is 0 Å². The SMILES string of the molecule is CCOC(=O)N1CCN(C(=O)[C@@H]2CC[C@@H](NC(=O)C3CCC4NNC(c5ccnc(C)c5)C4C3)CN2Cc2c(F)cccc2OC)CC1. The lowest BCUT2D eigenvalue weighted by Crippen LogP contribution is -2.60. The molecule has 12 nitrogen and oxygen atoms in total. The van der Waals surface area contributed by atoms with Crippen molar-refractivity contribution in [3.8, 4) is 5.75 Å². The third kappa shape index (κ3) is 7.42. The number of ether oxygens (including phenoxy) is 2. The van der Waals surface area contributed by atoms with E-state index in [9.17, 15) is 14.4 Å². The maximum Gasteiger partial charge on any atom is 0.409 e. The highest BCUT2D eigenvalue weighted by Gasteiger charge is 2.44. The smallest absolute Gasteiger partial charge is 0.409 e. The number of piperazine rings is 1. The van der Waals surface area contributed by atoms with Gasteiger partial charge in [0.2, 0.25) is 11.8 Å². The maximum absolute atomic E-state index is 15.2. The van der Waals surface area contributed by atoms with E-state index in [1.54, 1.807) is 28.9 Å². The second-order valence-corrected chi connectivity index (χ2v) is 13.4. The molecular weight excluding hydrogens is 617 g/mol. The first-order valence-corrected chi connectivity index (χ1v) is 17.3. The number of hydrazine groups is 1. The Morgan fingerprint density at radius 2 is 1.83 bits per heavy atom. The first-order valence-electron chi connectivity index (χ1n) is 17.3. The van der Waals surface area contributed by atoms with Crippen LogP contribution in [0, 0.1) is 24.6 Å². The van der Waals surface area contributed by atoms with E-state index in [2.05, 4.69) is 27.2 Å². The van der Waals surface area contributed by atoms with Gasteiger partial charge in [-0.3, -0.25) is 24.9 Å². The summed E-state index contributed by atoms with van der Waals surface area (Å²) in [7, 11) is 1.51. The Balaban J connectivity index is 1.13. The lowest BCUT2D eigenvalue weighted by Gasteiger charge is -2.43. The van der Waals surface area contributed by atoms with E-state index in [4.69, 9.17) is 9.47 Å². The first-order chi connectivity index (χ1) is 23.2. The predicted molar refractivity (Wildman–Crippen MR) is 176 cm³/mol. The molecule has 48 heavy (non-hydrogen) atoms. The Labute approximate surface area is 281 Å². The fourth-order valence-electron chi connectivity index (χ4n) is 7.94. The lowest BCUT2D eigenvalue weighted by molar-refractivity contribution is -0.140. The molecule has 260 valence electrons. The van der Waals surface area contributed by atoms with Gasteiger partial charge in [-0.05, 0) is 81.7 Å². The van der Waals surface area contributed by atoms with Crippen molar-refractivity contribution in [2.24, 2.45) is 11.8 Å². The predicted octanol–water partition coefficient (Wildman–Crippen LogP) is 2.92. The van der Waals surface area contributed by atoms with Crippen LogP contribution in [-0.4, -0.2) is 102 Å². The van der Waals surface area contributed by atoms with Crippen LogP contribution in [0.4, 0.5) is 9.18 Å². The van der Waals surface area contributed by atoms with E-state index < -0.39 is 11.9 Å². The van der Waals surface area contributed by atoms with Crippen molar-refractivity contribution in [2.45, 2.75) is 76.7 Å². The zero-order valence-corrected chi connectivity index (χ0v) is 28.1. The van der Waals surface area contributed by atoms with Crippen molar-refractivity contribution < 1.29 is 28.2 Å². The number of aromatic nitrogens is 1. The normalized spacial score (nSPS) is 27.7. The minimum atomic E-state index is -0.493. The van der Waals surface area contributed by atoms with E-state index in [-0.39, 0.29) is 48.4 Å².